The van der Waals surface area contributed by atoms with E-state index in [9.17, 15) is 0 Å². The molecule has 0 radical (unpaired) electrons. The topological polar surface area (TPSA) is 0 Å². The second-order valence-corrected chi connectivity index (χ2v) is 3.95. The highest BCUT2D eigenvalue weighted by Crippen LogP contribution is 2.01. The third-order valence-electron chi connectivity index (χ3n) is 1.94. The van der Waals surface area contributed by atoms with Gasteiger partial charge in [0.15, 0.2) is 0 Å². The van der Waals surface area contributed by atoms with E-state index in [1.165, 1.54) is 25.7 Å². The average molecular weight is 180 g/mol. The third-order valence-corrected chi connectivity index (χ3v) is 1.94. The zero-order valence-corrected chi connectivity index (χ0v) is 9.42. The summed E-state index contributed by atoms with van der Waals surface area (Å²) in [6.45, 7) is 6.74. The van der Waals surface area contributed by atoms with Crippen molar-refractivity contribution in [3.8, 4) is 0 Å². The standard InChI is InChI=1S/C13H24/c1-4-5-6-7-8-9-10-11-12-13(2)3/h7-8,10-11,13H,4-6,9,12H2,1-3H3/b8-7+,11-10+. The molecule has 0 spiro atoms. The molecule has 0 bridgehead atoms. The minimum Gasteiger partial charge on any atom is -0.0882 e. The lowest BCUT2D eigenvalue weighted by Gasteiger charge is -1.95. The van der Waals surface area contributed by atoms with Gasteiger partial charge in [-0.15, -0.1) is 0 Å². The van der Waals surface area contributed by atoms with Crippen molar-refractivity contribution >= 4 is 0 Å². The lowest BCUT2D eigenvalue weighted by Crippen LogP contribution is -1.80. The molecule has 76 valence electrons. The number of hydrogen-bond donors (Lipinski definition) is 0. The summed E-state index contributed by atoms with van der Waals surface area (Å²) in [5.41, 5.74) is 0. The molecule has 0 aliphatic rings. The van der Waals surface area contributed by atoms with Gasteiger partial charge in [0.05, 0.1) is 0 Å². The van der Waals surface area contributed by atoms with Crippen LogP contribution in [-0.2, 0) is 0 Å². The Labute approximate surface area is 83.7 Å². The van der Waals surface area contributed by atoms with E-state index in [2.05, 4.69) is 45.1 Å². The smallest absolute Gasteiger partial charge is 0.0169 e. The number of allylic oxidation sites excluding steroid dienone is 4. The first-order valence-electron chi connectivity index (χ1n) is 5.57. The Balaban J connectivity index is 3.23. The summed E-state index contributed by atoms with van der Waals surface area (Å²) in [5.74, 6) is 0.792. The third kappa shape index (κ3) is 11.5. The van der Waals surface area contributed by atoms with Crippen molar-refractivity contribution in [3.05, 3.63) is 24.3 Å². The van der Waals surface area contributed by atoms with E-state index in [0.717, 1.165) is 12.3 Å². The van der Waals surface area contributed by atoms with Gasteiger partial charge in [0, 0.05) is 0 Å². The van der Waals surface area contributed by atoms with E-state index < -0.39 is 0 Å². The second kappa shape index (κ2) is 9.57. The van der Waals surface area contributed by atoms with Gasteiger partial charge in [-0.25, -0.2) is 0 Å². The maximum atomic E-state index is 2.29. The molecule has 0 aromatic rings. The quantitative estimate of drug-likeness (QED) is 0.392. The minimum absolute atomic E-state index is 0.792. The van der Waals surface area contributed by atoms with Crippen LogP contribution in [0.25, 0.3) is 0 Å². The Morgan fingerprint density at radius 2 is 1.69 bits per heavy atom. The molecule has 0 atom stereocenters. The summed E-state index contributed by atoms with van der Waals surface area (Å²) in [6.07, 6.45) is 15.3. The molecule has 0 N–H and O–H groups in total. The van der Waals surface area contributed by atoms with Gasteiger partial charge < -0.3 is 0 Å². The zero-order valence-electron chi connectivity index (χ0n) is 9.42. The molecule has 13 heavy (non-hydrogen) atoms. The summed E-state index contributed by atoms with van der Waals surface area (Å²) in [4.78, 5) is 0. The molecule has 0 nitrogen and oxygen atoms in total. The summed E-state index contributed by atoms with van der Waals surface area (Å²) < 4.78 is 0. The van der Waals surface area contributed by atoms with Crippen molar-refractivity contribution in [2.24, 2.45) is 5.92 Å². The van der Waals surface area contributed by atoms with Crippen LogP contribution in [-0.4, -0.2) is 0 Å². The van der Waals surface area contributed by atoms with E-state index in [4.69, 9.17) is 0 Å². The predicted octanol–water partition coefficient (Wildman–Crippen LogP) is 4.73. The van der Waals surface area contributed by atoms with Gasteiger partial charge in [-0.1, -0.05) is 57.9 Å². The fourth-order valence-electron chi connectivity index (χ4n) is 1.08. The van der Waals surface area contributed by atoms with Crippen LogP contribution in [0.3, 0.4) is 0 Å². The monoisotopic (exact) mass is 180 g/mol. The Kier molecular flexibility index (Phi) is 9.18. The van der Waals surface area contributed by atoms with Crippen molar-refractivity contribution in [1.29, 1.82) is 0 Å². The second-order valence-electron chi connectivity index (χ2n) is 3.95. The Bertz CT molecular complexity index is 140. The molecule has 0 saturated carbocycles. The largest absolute Gasteiger partial charge is 0.0882 e. The molecule has 0 heterocycles. The molecule has 0 aliphatic carbocycles. The molecule has 0 amide bonds. The van der Waals surface area contributed by atoms with Gasteiger partial charge in [0.25, 0.3) is 0 Å². The maximum absolute atomic E-state index is 2.29. The molecule has 0 fully saturated rings. The number of hydrogen-bond acceptors (Lipinski definition) is 0. The van der Waals surface area contributed by atoms with Gasteiger partial charge in [-0.3, -0.25) is 0 Å². The highest BCUT2D eigenvalue weighted by atomic mass is 13.9. The Morgan fingerprint density at radius 1 is 1.00 bits per heavy atom. The lowest BCUT2D eigenvalue weighted by atomic mass is 10.1. The van der Waals surface area contributed by atoms with E-state index in [1.807, 2.05) is 0 Å². The van der Waals surface area contributed by atoms with Crippen LogP contribution in [0.2, 0.25) is 0 Å². The van der Waals surface area contributed by atoms with Crippen LogP contribution in [0.5, 0.6) is 0 Å². The first-order valence-corrected chi connectivity index (χ1v) is 5.57. The van der Waals surface area contributed by atoms with E-state index in [1.54, 1.807) is 0 Å². The molecular formula is C13H24. The fraction of sp³-hybridized carbons (Fsp3) is 0.692. The van der Waals surface area contributed by atoms with Crippen molar-refractivity contribution in [3.63, 3.8) is 0 Å². The van der Waals surface area contributed by atoms with Crippen molar-refractivity contribution in [2.75, 3.05) is 0 Å². The maximum Gasteiger partial charge on any atom is -0.0169 e. The molecule has 0 rings (SSSR count). The summed E-state index contributed by atoms with van der Waals surface area (Å²) in [6, 6.07) is 0. The molecule has 0 saturated heterocycles. The predicted molar refractivity (Wildman–Crippen MR) is 61.9 cm³/mol. The Hall–Kier alpha value is -0.520. The van der Waals surface area contributed by atoms with Gasteiger partial charge in [-0.2, -0.15) is 0 Å². The molecule has 0 heteroatoms. The van der Waals surface area contributed by atoms with E-state index in [-0.39, 0.29) is 0 Å². The van der Waals surface area contributed by atoms with Crippen LogP contribution in [0.4, 0.5) is 0 Å². The molecule has 0 aromatic carbocycles. The first kappa shape index (κ1) is 12.5. The van der Waals surface area contributed by atoms with Gasteiger partial charge in [-0.05, 0) is 25.2 Å². The van der Waals surface area contributed by atoms with Crippen molar-refractivity contribution < 1.29 is 0 Å². The van der Waals surface area contributed by atoms with E-state index >= 15 is 0 Å². The molecule has 0 aromatic heterocycles. The minimum atomic E-state index is 0.792. The van der Waals surface area contributed by atoms with Gasteiger partial charge in [0.1, 0.15) is 0 Å². The van der Waals surface area contributed by atoms with Crippen LogP contribution in [0.15, 0.2) is 24.3 Å². The SMILES string of the molecule is CCCC/C=C/C/C=C/CC(C)C. The summed E-state index contributed by atoms with van der Waals surface area (Å²) >= 11 is 0. The summed E-state index contributed by atoms with van der Waals surface area (Å²) in [7, 11) is 0. The normalized spacial score (nSPS) is 12.3. The van der Waals surface area contributed by atoms with Crippen LogP contribution in [0, 0.1) is 5.92 Å². The van der Waals surface area contributed by atoms with Gasteiger partial charge in [0.2, 0.25) is 0 Å². The van der Waals surface area contributed by atoms with Crippen molar-refractivity contribution in [1.82, 2.24) is 0 Å². The fourth-order valence-corrected chi connectivity index (χ4v) is 1.08. The first-order chi connectivity index (χ1) is 6.27. The van der Waals surface area contributed by atoms with E-state index in [0.29, 0.717) is 0 Å². The average Bonchev–Trinajstić information content (AvgIpc) is 2.09. The molecule has 0 unspecified atom stereocenters. The zero-order chi connectivity index (χ0) is 9.94. The number of unbranched alkanes of at least 4 members (excludes halogenated alkanes) is 2. The Morgan fingerprint density at radius 3 is 2.31 bits per heavy atom. The van der Waals surface area contributed by atoms with Crippen LogP contribution < -0.4 is 0 Å². The molecule has 0 aliphatic heterocycles. The van der Waals surface area contributed by atoms with Gasteiger partial charge >= 0.3 is 0 Å². The van der Waals surface area contributed by atoms with Crippen LogP contribution in [0.1, 0.15) is 52.9 Å². The lowest BCUT2D eigenvalue weighted by molar-refractivity contribution is 0.663. The highest BCUT2D eigenvalue weighted by Gasteiger charge is 1.85. The summed E-state index contributed by atoms with van der Waals surface area (Å²) in [5, 5.41) is 0. The van der Waals surface area contributed by atoms with Crippen molar-refractivity contribution in [2.45, 2.75) is 52.9 Å². The number of rotatable bonds is 7. The highest BCUT2D eigenvalue weighted by molar-refractivity contribution is 4.92. The van der Waals surface area contributed by atoms with Crippen LogP contribution >= 0.6 is 0 Å². The molecular weight excluding hydrogens is 156 g/mol.